The quantitative estimate of drug-likeness (QED) is 0.806. The van der Waals surface area contributed by atoms with Gasteiger partial charge >= 0.3 is 5.97 Å². The molecule has 1 N–H and O–H groups in total. The first-order valence-electron chi connectivity index (χ1n) is 7.74. The lowest BCUT2D eigenvalue weighted by Crippen LogP contribution is -2.32. The van der Waals surface area contributed by atoms with Gasteiger partial charge in [-0.25, -0.2) is 4.98 Å². The Hall–Kier alpha value is -2.89. The van der Waals surface area contributed by atoms with Crippen LogP contribution in [0.15, 0.2) is 48.7 Å². The van der Waals surface area contributed by atoms with Crippen LogP contribution in [0.4, 0.5) is 0 Å². The fourth-order valence-corrected chi connectivity index (χ4v) is 2.14. The molecule has 0 saturated heterocycles. The predicted octanol–water partition coefficient (Wildman–Crippen LogP) is 2.60. The summed E-state index contributed by atoms with van der Waals surface area (Å²) in [6.45, 7) is 2.83. The molecule has 0 aliphatic carbocycles. The summed E-state index contributed by atoms with van der Waals surface area (Å²) >= 11 is 0. The molecule has 2 aromatic rings. The molecule has 1 heterocycles. The summed E-state index contributed by atoms with van der Waals surface area (Å²) in [4.78, 5) is 28.6. The van der Waals surface area contributed by atoms with E-state index in [0.717, 1.165) is 5.56 Å². The highest BCUT2D eigenvalue weighted by molar-refractivity contribution is 5.94. The predicted molar refractivity (Wildman–Crippen MR) is 88.8 cm³/mol. The van der Waals surface area contributed by atoms with Gasteiger partial charge in [0.25, 0.3) is 5.91 Å². The third-order valence-corrected chi connectivity index (χ3v) is 3.48. The number of hydrogen-bond acceptors (Lipinski definition) is 4. The highest BCUT2D eigenvalue weighted by Crippen LogP contribution is 2.12. The standard InChI is InChI=1S/C18H20N2O4/c1-2-20(11-10-17(21)22)18(23)15-8-9-16(19-12-15)24-13-14-6-4-3-5-7-14/h3-9,12H,2,10-11,13H2,1H3,(H,21,22). The van der Waals surface area contributed by atoms with Gasteiger partial charge in [-0.1, -0.05) is 30.3 Å². The fourth-order valence-electron chi connectivity index (χ4n) is 2.14. The first kappa shape index (κ1) is 17.5. The van der Waals surface area contributed by atoms with Crippen LogP contribution >= 0.6 is 0 Å². The first-order chi connectivity index (χ1) is 11.6. The van der Waals surface area contributed by atoms with E-state index in [2.05, 4.69) is 4.98 Å². The smallest absolute Gasteiger partial charge is 0.305 e. The maximum Gasteiger partial charge on any atom is 0.305 e. The van der Waals surface area contributed by atoms with Crippen molar-refractivity contribution >= 4 is 11.9 Å². The maximum absolute atomic E-state index is 12.3. The number of carboxylic acids is 1. The second-order valence-electron chi connectivity index (χ2n) is 5.19. The first-order valence-corrected chi connectivity index (χ1v) is 7.74. The van der Waals surface area contributed by atoms with Gasteiger partial charge in [-0.05, 0) is 18.6 Å². The Morgan fingerprint density at radius 1 is 1.17 bits per heavy atom. The minimum atomic E-state index is -0.927. The molecule has 1 amide bonds. The van der Waals surface area contributed by atoms with Gasteiger partial charge in [0.2, 0.25) is 5.88 Å². The lowest BCUT2D eigenvalue weighted by Gasteiger charge is -2.19. The molecule has 2 rings (SSSR count). The number of ether oxygens (including phenoxy) is 1. The highest BCUT2D eigenvalue weighted by Gasteiger charge is 2.15. The second kappa shape index (κ2) is 8.67. The van der Waals surface area contributed by atoms with Gasteiger partial charge in [-0.3, -0.25) is 9.59 Å². The average molecular weight is 328 g/mol. The molecule has 0 saturated carbocycles. The molecule has 1 aromatic heterocycles. The van der Waals surface area contributed by atoms with Crippen LogP contribution in [-0.4, -0.2) is 40.0 Å². The number of carboxylic acid groups (broad SMARTS) is 1. The van der Waals surface area contributed by atoms with E-state index < -0.39 is 5.97 Å². The van der Waals surface area contributed by atoms with Crippen molar-refractivity contribution in [3.8, 4) is 5.88 Å². The van der Waals surface area contributed by atoms with E-state index >= 15 is 0 Å². The number of pyridine rings is 1. The van der Waals surface area contributed by atoms with Crippen molar-refractivity contribution in [3.05, 3.63) is 59.8 Å². The summed E-state index contributed by atoms with van der Waals surface area (Å²) in [6, 6.07) is 13.0. The molecule has 0 bridgehead atoms. The molecule has 0 spiro atoms. The van der Waals surface area contributed by atoms with Crippen LogP contribution in [0, 0.1) is 0 Å². The molecule has 0 atom stereocenters. The molecule has 6 heteroatoms. The molecule has 0 unspecified atom stereocenters. The highest BCUT2D eigenvalue weighted by atomic mass is 16.5. The average Bonchev–Trinajstić information content (AvgIpc) is 2.61. The van der Waals surface area contributed by atoms with Gasteiger partial charge in [-0.15, -0.1) is 0 Å². The van der Waals surface area contributed by atoms with Crippen molar-refractivity contribution in [1.82, 2.24) is 9.88 Å². The number of hydrogen-bond donors (Lipinski definition) is 1. The van der Waals surface area contributed by atoms with Gasteiger partial charge in [0.15, 0.2) is 0 Å². The number of carbonyl (C=O) groups excluding carboxylic acids is 1. The summed E-state index contributed by atoms with van der Waals surface area (Å²) < 4.78 is 5.58. The molecule has 0 fully saturated rings. The number of nitrogens with zero attached hydrogens (tertiary/aromatic N) is 2. The SMILES string of the molecule is CCN(CCC(=O)O)C(=O)c1ccc(OCc2ccccc2)nc1. The molecule has 126 valence electrons. The van der Waals surface area contributed by atoms with Crippen LogP contribution in [0.1, 0.15) is 29.3 Å². The lowest BCUT2D eigenvalue weighted by molar-refractivity contribution is -0.137. The summed E-state index contributed by atoms with van der Waals surface area (Å²) in [5.74, 6) is -0.728. The number of rotatable bonds is 8. The fraction of sp³-hybridized carbons (Fsp3) is 0.278. The molecule has 1 aromatic carbocycles. The van der Waals surface area contributed by atoms with E-state index in [1.165, 1.54) is 11.1 Å². The Balaban J connectivity index is 1.94. The number of benzene rings is 1. The largest absolute Gasteiger partial charge is 0.481 e. The van der Waals surface area contributed by atoms with Crippen molar-refractivity contribution < 1.29 is 19.4 Å². The zero-order valence-corrected chi connectivity index (χ0v) is 13.5. The Labute approximate surface area is 140 Å². The minimum absolute atomic E-state index is 0.0781. The monoisotopic (exact) mass is 328 g/mol. The molecule has 0 radical (unpaired) electrons. The van der Waals surface area contributed by atoms with E-state index in [1.807, 2.05) is 37.3 Å². The Bertz CT molecular complexity index is 671. The molecule has 0 aliphatic rings. The van der Waals surface area contributed by atoms with E-state index in [9.17, 15) is 9.59 Å². The van der Waals surface area contributed by atoms with Crippen molar-refractivity contribution in [2.24, 2.45) is 0 Å². The zero-order valence-electron chi connectivity index (χ0n) is 13.5. The number of carbonyl (C=O) groups is 2. The second-order valence-corrected chi connectivity index (χ2v) is 5.19. The van der Waals surface area contributed by atoms with Gasteiger partial charge < -0.3 is 14.7 Å². The van der Waals surface area contributed by atoms with Crippen molar-refractivity contribution in [2.75, 3.05) is 13.1 Å². The number of aliphatic carboxylic acids is 1. The van der Waals surface area contributed by atoms with Crippen LogP contribution < -0.4 is 4.74 Å². The third kappa shape index (κ3) is 5.08. The molecule has 0 aliphatic heterocycles. The maximum atomic E-state index is 12.3. The van der Waals surface area contributed by atoms with Crippen molar-refractivity contribution in [1.29, 1.82) is 0 Å². The van der Waals surface area contributed by atoms with E-state index in [1.54, 1.807) is 12.1 Å². The summed E-state index contributed by atoms with van der Waals surface area (Å²) in [5, 5.41) is 8.73. The number of amides is 1. The summed E-state index contributed by atoms with van der Waals surface area (Å²) in [5.41, 5.74) is 1.44. The topological polar surface area (TPSA) is 79.7 Å². The van der Waals surface area contributed by atoms with Crippen LogP contribution in [0.3, 0.4) is 0 Å². The molecule has 6 nitrogen and oxygen atoms in total. The van der Waals surface area contributed by atoms with Crippen molar-refractivity contribution in [3.63, 3.8) is 0 Å². The molecule has 24 heavy (non-hydrogen) atoms. The van der Waals surface area contributed by atoms with E-state index in [0.29, 0.717) is 24.6 Å². The van der Waals surface area contributed by atoms with Crippen LogP contribution in [0.2, 0.25) is 0 Å². The Kier molecular flexibility index (Phi) is 6.31. The molecular weight excluding hydrogens is 308 g/mol. The normalized spacial score (nSPS) is 10.2. The third-order valence-electron chi connectivity index (χ3n) is 3.48. The Morgan fingerprint density at radius 3 is 2.50 bits per heavy atom. The van der Waals surface area contributed by atoms with E-state index in [-0.39, 0.29) is 18.9 Å². The summed E-state index contributed by atoms with van der Waals surface area (Å²) in [6.07, 6.45) is 1.37. The van der Waals surface area contributed by atoms with Gasteiger partial charge in [0.05, 0.1) is 12.0 Å². The van der Waals surface area contributed by atoms with Crippen molar-refractivity contribution in [2.45, 2.75) is 20.0 Å². The van der Waals surface area contributed by atoms with Gasteiger partial charge in [-0.2, -0.15) is 0 Å². The van der Waals surface area contributed by atoms with Crippen LogP contribution in [0.25, 0.3) is 0 Å². The lowest BCUT2D eigenvalue weighted by atomic mass is 10.2. The zero-order chi connectivity index (χ0) is 17.4. The minimum Gasteiger partial charge on any atom is -0.481 e. The van der Waals surface area contributed by atoms with E-state index in [4.69, 9.17) is 9.84 Å². The van der Waals surface area contributed by atoms with Crippen LogP contribution in [-0.2, 0) is 11.4 Å². The number of aromatic nitrogens is 1. The van der Waals surface area contributed by atoms with Gasteiger partial charge in [0, 0.05) is 25.4 Å². The molecular formula is C18H20N2O4. The summed E-state index contributed by atoms with van der Waals surface area (Å²) in [7, 11) is 0. The Morgan fingerprint density at radius 2 is 1.92 bits per heavy atom. The van der Waals surface area contributed by atoms with Crippen LogP contribution in [0.5, 0.6) is 5.88 Å². The van der Waals surface area contributed by atoms with Gasteiger partial charge in [0.1, 0.15) is 6.61 Å².